The van der Waals surface area contributed by atoms with Gasteiger partial charge in [-0.3, -0.25) is 14.4 Å². The minimum atomic E-state index is -1.49. The number of rotatable bonds is 7. The van der Waals surface area contributed by atoms with Crippen LogP contribution < -0.4 is 0 Å². The molecule has 0 heterocycles. The fourth-order valence-corrected chi connectivity index (χ4v) is 3.43. The summed E-state index contributed by atoms with van der Waals surface area (Å²) in [7, 11) is 0. The highest BCUT2D eigenvalue weighted by Crippen LogP contribution is 2.48. The van der Waals surface area contributed by atoms with Crippen LogP contribution >= 0.6 is 0 Å². The van der Waals surface area contributed by atoms with Crippen molar-refractivity contribution >= 4 is 17.9 Å². The summed E-state index contributed by atoms with van der Waals surface area (Å²) < 4.78 is 15.4. The van der Waals surface area contributed by atoms with Crippen LogP contribution in [0.3, 0.4) is 0 Å². The molecular weight excluding hydrogens is 300 g/mol. The lowest BCUT2D eigenvalue weighted by atomic mass is 9.70. The van der Waals surface area contributed by atoms with Gasteiger partial charge in [-0.1, -0.05) is 6.92 Å². The molecule has 6 heteroatoms. The first-order valence-corrected chi connectivity index (χ1v) is 8.35. The average molecular weight is 328 g/mol. The van der Waals surface area contributed by atoms with Crippen LogP contribution in [0.1, 0.15) is 47.5 Å². The fourth-order valence-electron chi connectivity index (χ4n) is 3.43. The lowest BCUT2D eigenvalue weighted by Gasteiger charge is -2.34. The van der Waals surface area contributed by atoms with Crippen molar-refractivity contribution < 1.29 is 28.6 Å². The van der Waals surface area contributed by atoms with Gasteiger partial charge in [0.1, 0.15) is 0 Å². The zero-order chi connectivity index (χ0) is 17.6. The maximum Gasteiger partial charge on any atom is 0.323 e. The minimum Gasteiger partial charge on any atom is -0.466 e. The average Bonchev–Trinajstić information content (AvgIpc) is 2.89. The lowest BCUT2D eigenvalue weighted by Crippen LogP contribution is -2.48. The number of ether oxygens (including phenoxy) is 3. The maximum atomic E-state index is 12.5. The summed E-state index contributed by atoms with van der Waals surface area (Å²) in [4.78, 5) is 37.4. The second kappa shape index (κ2) is 8.31. The van der Waals surface area contributed by atoms with Gasteiger partial charge in [0, 0.05) is 0 Å². The predicted octanol–water partition coefficient (Wildman–Crippen LogP) is 2.34. The Morgan fingerprint density at radius 1 is 0.913 bits per heavy atom. The van der Waals surface area contributed by atoms with E-state index >= 15 is 0 Å². The summed E-state index contributed by atoms with van der Waals surface area (Å²) in [6, 6.07) is 0. The smallest absolute Gasteiger partial charge is 0.323 e. The molecule has 3 atom stereocenters. The SMILES string of the molecule is CCOC(=O)[C@H]1[C@H](C(C)(C(=O)OCC)C(=O)OCC)CC[C@@H]1C. The molecule has 1 aliphatic carbocycles. The Kier molecular flexibility index (Phi) is 7.03. The largest absolute Gasteiger partial charge is 0.466 e. The monoisotopic (exact) mass is 328 g/mol. The molecule has 0 N–H and O–H groups in total. The molecule has 0 aromatic carbocycles. The van der Waals surface area contributed by atoms with Crippen molar-refractivity contribution in [3.05, 3.63) is 0 Å². The third-order valence-corrected chi connectivity index (χ3v) is 4.68. The number of carbonyl (C=O) groups is 3. The van der Waals surface area contributed by atoms with Crippen LogP contribution in [0.15, 0.2) is 0 Å². The molecular formula is C17H28O6. The fraction of sp³-hybridized carbons (Fsp3) is 0.824. The van der Waals surface area contributed by atoms with Gasteiger partial charge >= 0.3 is 17.9 Å². The van der Waals surface area contributed by atoms with Gasteiger partial charge in [0.25, 0.3) is 0 Å². The number of esters is 3. The van der Waals surface area contributed by atoms with Crippen LogP contribution in [-0.2, 0) is 28.6 Å². The van der Waals surface area contributed by atoms with E-state index < -0.39 is 29.2 Å². The van der Waals surface area contributed by atoms with Crippen LogP contribution in [-0.4, -0.2) is 37.7 Å². The molecule has 132 valence electrons. The second-order valence-corrected chi connectivity index (χ2v) is 6.08. The van der Waals surface area contributed by atoms with Gasteiger partial charge in [-0.2, -0.15) is 0 Å². The Morgan fingerprint density at radius 3 is 1.83 bits per heavy atom. The Labute approximate surface area is 137 Å². The molecule has 0 amide bonds. The van der Waals surface area contributed by atoms with E-state index in [1.807, 2.05) is 6.92 Å². The highest BCUT2D eigenvalue weighted by molar-refractivity contribution is 6.00. The summed E-state index contributed by atoms with van der Waals surface area (Å²) >= 11 is 0. The van der Waals surface area contributed by atoms with Crippen molar-refractivity contribution in [2.75, 3.05) is 19.8 Å². The zero-order valence-corrected chi connectivity index (χ0v) is 14.7. The first kappa shape index (κ1) is 19.5. The molecule has 0 bridgehead atoms. The second-order valence-electron chi connectivity index (χ2n) is 6.08. The number of hydrogen-bond donors (Lipinski definition) is 0. The minimum absolute atomic E-state index is 0.0437. The van der Waals surface area contributed by atoms with Gasteiger partial charge in [-0.25, -0.2) is 0 Å². The molecule has 0 spiro atoms. The molecule has 0 radical (unpaired) electrons. The van der Waals surface area contributed by atoms with Crippen LogP contribution in [0.4, 0.5) is 0 Å². The molecule has 0 saturated heterocycles. The number of carbonyl (C=O) groups excluding carboxylic acids is 3. The molecule has 0 aliphatic heterocycles. The normalized spacial score (nSPS) is 24.1. The van der Waals surface area contributed by atoms with Gasteiger partial charge in [-0.15, -0.1) is 0 Å². The first-order valence-electron chi connectivity index (χ1n) is 8.35. The Morgan fingerprint density at radius 2 is 1.39 bits per heavy atom. The van der Waals surface area contributed by atoms with E-state index in [-0.39, 0.29) is 31.7 Å². The molecule has 6 nitrogen and oxygen atoms in total. The van der Waals surface area contributed by atoms with Crippen LogP contribution in [0.5, 0.6) is 0 Å². The van der Waals surface area contributed by atoms with Crippen LogP contribution in [0.25, 0.3) is 0 Å². The zero-order valence-electron chi connectivity index (χ0n) is 14.7. The molecule has 23 heavy (non-hydrogen) atoms. The van der Waals surface area contributed by atoms with Gasteiger partial charge in [0.15, 0.2) is 5.41 Å². The molecule has 1 saturated carbocycles. The van der Waals surface area contributed by atoms with Gasteiger partial charge in [0.05, 0.1) is 25.7 Å². The van der Waals surface area contributed by atoms with Crippen molar-refractivity contribution in [3.8, 4) is 0 Å². The van der Waals surface area contributed by atoms with Crippen molar-refractivity contribution in [2.45, 2.75) is 47.5 Å². The lowest BCUT2D eigenvalue weighted by molar-refractivity contribution is -0.178. The van der Waals surface area contributed by atoms with Crippen LogP contribution in [0.2, 0.25) is 0 Å². The summed E-state index contributed by atoms with van der Waals surface area (Å²) in [5.41, 5.74) is -1.49. The first-order chi connectivity index (χ1) is 10.8. The van der Waals surface area contributed by atoms with Gasteiger partial charge in [0.2, 0.25) is 0 Å². The molecule has 1 aliphatic rings. The van der Waals surface area contributed by atoms with E-state index in [4.69, 9.17) is 14.2 Å². The van der Waals surface area contributed by atoms with Gasteiger partial charge in [-0.05, 0) is 52.4 Å². The summed E-state index contributed by atoms with van der Waals surface area (Å²) in [5, 5.41) is 0. The Bertz CT molecular complexity index is 426. The molecule has 0 aromatic rings. The Hall–Kier alpha value is -1.59. The maximum absolute atomic E-state index is 12.5. The molecule has 1 rings (SSSR count). The van der Waals surface area contributed by atoms with E-state index in [1.165, 1.54) is 6.92 Å². The van der Waals surface area contributed by atoms with E-state index in [0.717, 1.165) is 6.42 Å². The Balaban J connectivity index is 3.20. The summed E-state index contributed by atoms with van der Waals surface area (Å²) in [6.45, 7) is 9.18. The summed E-state index contributed by atoms with van der Waals surface area (Å²) in [6.07, 6.45) is 1.33. The predicted molar refractivity (Wildman–Crippen MR) is 83.4 cm³/mol. The van der Waals surface area contributed by atoms with Gasteiger partial charge < -0.3 is 14.2 Å². The highest BCUT2D eigenvalue weighted by atomic mass is 16.6. The van der Waals surface area contributed by atoms with Crippen LogP contribution in [0, 0.1) is 23.2 Å². The van der Waals surface area contributed by atoms with Crippen molar-refractivity contribution in [1.29, 1.82) is 0 Å². The quantitative estimate of drug-likeness (QED) is 0.405. The third kappa shape index (κ3) is 3.85. The van der Waals surface area contributed by atoms with E-state index in [0.29, 0.717) is 6.42 Å². The molecule has 0 aromatic heterocycles. The van der Waals surface area contributed by atoms with E-state index in [2.05, 4.69) is 0 Å². The van der Waals surface area contributed by atoms with E-state index in [1.54, 1.807) is 20.8 Å². The number of hydrogen-bond acceptors (Lipinski definition) is 6. The van der Waals surface area contributed by atoms with Crippen molar-refractivity contribution in [3.63, 3.8) is 0 Å². The standard InChI is InChI=1S/C17H28O6/c1-6-21-14(18)13-11(4)9-10-12(13)17(5,15(19)22-7-2)16(20)23-8-3/h11-13H,6-10H2,1-5H3/t11-,12+,13+/m0/s1. The third-order valence-electron chi connectivity index (χ3n) is 4.68. The van der Waals surface area contributed by atoms with Crippen molar-refractivity contribution in [2.24, 2.45) is 23.2 Å². The molecule has 1 fully saturated rings. The van der Waals surface area contributed by atoms with E-state index in [9.17, 15) is 14.4 Å². The topological polar surface area (TPSA) is 78.9 Å². The molecule has 0 unspecified atom stereocenters. The summed E-state index contributed by atoms with van der Waals surface area (Å²) in [5.74, 6) is -2.56. The highest BCUT2D eigenvalue weighted by Gasteiger charge is 2.58. The van der Waals surface area contributed by atoms with Crippen molar-refractivity contribution in [1.82, 2.24) is 0 Å².